The molecule has 1 aliphatic heterocycles. The van der Waals surface area contributed by atoms with E-state index in [-0.39, 0.29) is 17.2 Å². The lowest BCUT2D eigenvalue weighted by Crippen LogP contribution is -2.35. The molecule has 168 valence electrons. The van der Waals surface area contributed by atoms with Gasteiger partial charge in [-0.05, 0) is 35.9 Å². The molecule has 0 atom stereocenters. The van der Waals surface area contributed by atoms with E-state index in [9.17, 15) is 13.2 Å². The fourth-order valence-corrected chi connectivity index (χ4v) is 4.77. The average molecular weight is 473 g/mol. The molecule has 2 heterocycles. The Morgan fingerprint density at radius 3 is 2.62 bits per heavy atom. The lowest BCUT2D eigenvalue weighted by molar-refractivity contribution is -0.115. The Hall–Kier alpha value is -2.63. The third-order valence-electron chi connectivity index (χ3n) is 5.04. The van der Waals surface area contributed by atoms with Crippen LogP contribution in [0.1, 0.15) is 11.3 Å². The smallest absolute Gasteiger partial charge is 0.238 e. The van der Waals surface area contributed by atoms with Gasteiger partial charge in [0.1, 0.15) is 5.01 Å². The molecule has 0 bridgehead atoms. The minimum absolute atomic E-state index is 0.00417. The number of carbonyl (C=O) groups excluding carboxylic acids is 1. The number of rotatable bonds is 7. The van der Waals surface area contributed by atoms with E-state index in [4.69, 9.17) is 9.88 Å². The minimum atomic E-state index is -3.76. The molecule has 3 N–H and O–H groups in total. The molecule has 1 aliphatic rings. The SMILES string of the molecule is NS(=O)(=O)c1ccc(NC(=O)Cc2csc(-c3cccc(CN4CCOCC4)c3)n2)cc1. The van der Waals surface area contributed by atoms with Crippen molar-refractivity contribution >= 4 is 33.0 Å². The van der Waals surface area contributed by atoms with Crippen molar-refractivity contribution in [2.75, 3.05) is 31.6 Å². The third kappa shape index (κ3) is 5.99. The summed E-state index contributed by atoms with van der Waals surface area (Å²) in [7, 11) is -3.76. The number of morpholine rings is 1. The van der Waals surface area contributed by atoms with Crippen molar-refractivity contribution in [3.63, 3.8) is 0 Å². The third-order valence-corrected chi connectivity index (χ3v) is 6.91. The highest BCUT2D eigenvalue weighted by atomic mass is 32.2. The number of amides is 1. The second-order valence-corrected chi connectivity index (χ2v) is 9.95. The molecule has 2 aromatic carbocycles. The van der Waals surface area contributed by atoms with Gasteiger partial charge in [-0.1, -0.05) is 18.2 Å². The largest absolute Gasteiger partial charge is 0.379 e. The van der Waals surface area contributed by atoms with Gasteiger partial charge < -0.3 is 10.1 Å². The number of carbonyl (C=O) groups is 1. The number of hydrogen-bond donors (Lipinski definition) is 2. The highest BCUT2D eigenvalue weighted by molar-refractivity contribution is 7.89. The van der Waals surface area contributed by atoms with Gasteiger partial charge >= 0.3 is 0 Å². The number of benzene rings is 2. The van der Waals surface area contributed by atoms with Gasteiger partial charge in [-0.15, -0.1) is 11.3 Å². The number of anilines is 1. The Bertz CT molecular complexity index is 1190. The summed E-state index contributed by atoms with van der Waals surface area (Å²) in [6.07, 6.45) is 0.126. The number of nitrogens with two attached hydrogens (primary N) is 1. The van der Waals surface area contributed by atoms with Crippen molar-refractivity contribution in [2.45, 2.75) is 17.9 Å². The van der Waals surface area contributed by atoms with Crippen molar-refractivity contribution in [1.82, 2.24) is 9.88 Å². The Kier molecular flexibility index (Phi) is 6.97. The Labute approximate surface area is 191 Å². The zero-order valence-corrected chi connectivity index (χ0v) is 19.0. The molecule has 1 fully saturated rings. The summed E-state index contributed by atoms with van der Waals surface area (Å²) in [5.41, 5.74) is 3.43. The van der Waals surface area contributed by atoms with E-state index in [0.29, 0.717) is 11.4 Å². The molecule has 1 saturated heterocycles. The molecule has 0 unspecified atom stereocenters. The van der Waals surface area contributed by atoms with Gasteiger partial charge in [0, 0.05) is 36.3 Å². The number of ether oxygens (including phenoxy) is 1. The van der Waals surface area contributed by atoms with Gasteiger partial charge in [0.05, 0.1) is 30.2 Å². The number of nitrogens with one attached hydrogen (secondary N) is 1. The maximum atomic E-state index is 12.4. The normalized spacial score (nSPS) is 14.9. The summed E-state index contributed by atoms with van der Waals surface area (Å²) >= 11 is 1.51. The zero-order valence-electron chi connectivity index (χ0n) is 17.4. The van der Waals surface area contributed by atoms with E-state index < -0.39 is 10.0 Å². The number of nitrogens with zero attached hydrogens (tertiary/aromatic N) is 2. The number of sulfonamides is 1. The van der Waals surface area contributed by atoms with Crippen LogP contribution in [0.2, 0.25) is 0 Å². The van der Waals surface area contributed by atoms with Crippen LogP contribution in [-0.2, 0) is 32.5 Å². The second-order valence-electron chi connectivity index (χ2n) is 7.53. The molecule has 0 saturated carbocycles. The Morgan fingerprint density at radius 1 is 1.16 bits per heavy atom. The van der Waals surface area contributed by atoms with Crippen molar-refractivity contribution in [3.8, 4) is 10.6 Å². The van der Waals surface area contributed by atoms with Crippen molar-refractivity contribution in [1.29, 1.82) is 0 Å². The van der Waals surface area contributed by atoms with Gasteiger partial charge in [0.15, 0.2) is 0 Å². The van der Waals surface area contributed by atoms with Crippen molar-refractivity contribution in [3.05, 3.63) is 65.2 Å². The van der Waals surface area contributed by atoms with Crippen LogP contribution in [-0.4, -0.2) is 50.5 Å². The first-order valence-corrected chi connectivity index (χ1v) is 12.6. The first kappa shape index (κ1) is 22.6. The highest BCUT2D eigenvalue weighted by Crippen LogP contribution is 2.25. The van der Waals surface area contributed by atoms with E-state index in [2.05, 4.69) is 27.3 Å². The number of hydrogen-bond acceptors (Lipinski definition) is 7. The lowest BCUT2D eigenvalue weighted by Gasteiger charge is -2.26. The maximum absolute atomic E-state index is 12.4. The first-order chi connectivity index (χ1) is 15.4. The molecule has 3 aromatic rings. The predicted octanol–water partition coefficient (Wildman–Crippen LogP) is 2.47. The van der Waals surface area contributed by atoms with Gasteiger partial charge in [-0.25, -0.2) is 18.5 Å². The van der Waals surface area contributed by atoms with E-state index >= 15 is 0 Å². The summed E-state index contributed by atoms with van der Waals surface area (Å²) in [6.45, 7) is 4.29. The Balaban J connectivity index is 1.37. The van der Waals surface area contributed by atoms with Crippen LogP contribution >= 0.6 is 11.3 Å². The molecule has 8 nitrogen and oxygen atoms in total. The van der Waals surface area contributed by atoms with Crippen LogP contribution < -0.4 is 10.5 Å². The van der Waals surface area contributed by atoms with Crippen molar-refractivity contribution in [2.24, 2.45) is 5.14 Å². The summed E-state index contributed by atoms with van der Waals surface area (Å²) < 4.78 is 28.1. The zero-order chi connectivity index (χ0) is 22.6. The highest BCUT2D eigenvalue weighted by Gasteiger charge is 2.13. The van der Waals surface area contributed by atoms with Crippen LogP contribution in [0.3, 0.4) is 0 Å². The van der Waals surface area contributed by atoms with E-state index in [1.54, 1.807) is 0 Å². The summed E-state index contributed by atoms with van der Waals surface area (Å²) in [4.78, 5) is 19.4. The summed E-state index contributed by atoms with van der Waals surface area (Å²) in [5.74, 6) is -0.230. The van der Waals surface area contributed by atoms with Gasteiger partial charge in [0.25, 0.3) is 0 Å². The van der Waals surface area contributed by atoms with Crippen LogP contribution in [0, 0.1) is 0 Å². The number of aromatic nitrogens is 1. The van der Waals surface area contributed by atoms with Gasteiger partial charge in [0.2, 0.25) is 15.9 Å². The van der Waals surface area contributed by atoms with E-state index in [1.165, 1.54) is 41.2 Å². The summed E-state index contributed by atoms with van der Waals surface area (Å²) in [6, 6.07) is 14.0. The Morgan fingerprint density at radius 2 is 1.91 bits per heavy atom. The quantitative estimate of drug-likeness (QED) is 0.546. The monoisotopic (exact) mass is 472 g/mol. The van der Waals surface area contributed by atoms with Crippen molar-refractivity contribution < 1.29 is 17.9 Å². The fraction of sp³-hybridized carbons (Fsp3) is 0.273. The molecule has 0 radical (unpaired) electrons. The topological polar surface area (TPSA) is 115 Å². The predicted molar refractivity (Wildman–Crippen MR) is 124 cm³/mol. The fourth-order valence-electron chi connectivity index (χ4n) is 3.44. The number of primary sulfonamides is 1. The molecular formula is C22H24N4O4S2. The molecule has 1 amide bonds. The van der Waals surface area contributed by atoms with E-state index in [0.717, 1.165) is 43.4 Å². The second kappa shape index (κ2) is 9.88. The van der Waals surface area contributed by atoms with E-state index in [1.807, 2.05) is 17.5 Å². The molecule has 10 heteroatoms. The molecule has 0 aliphatic carbocycles. The first-order valence-electron chi connectivity index (χ1n) is 10.1. The minimum Gasteiger partial charge on any atom is -0.379 e. The summed E-state index contributed by atoms with van der Waals surface area (Å²) in [5, 5.41) is 10.6. The van der Waals surface area contributed by atoms with Crippen LogP contribution in [0.15, 0.2) is 58.8 Å². The molecule has 4 rings (SSSR count). The lowest BCUT2D eigenvalue weighted by atomic mass is 10.1. The van der Waals surface area contributed by atoms with Crippen LogP contribution in [0.25, 0.3) is 10.6 Å². The molecule has 1 aromatic heterocycles. The van der Waals surface area contributed by atoms with Crippen LogP contribution in [0.5, 0.6) is 0 Å². The molecular weight excluding hydrogens is 448 g/mol. The van der Waals surface area contributed by atoms with Crippen LogP contribution in [0.4, 0.5) is 5.69 Å². The standard InChI is InChI=1S/C22H24N4O4S2/c23-32(28,29)20-6-4-18(5-7-20)24-21(27)13-19-15-31-22(25-19)17-3-1-2-16(12-17)14-26-8-10-30-11-9-26/h1-7,12,15H,8-11,13-14H2,(H,24,27)(H2,23,28,29). The van der Waals surface area contributed by atoms with Gasteiger partial charge in [-0.3, -0.25) is 9.69 Å². The molecule has 32 heavy (non-hydrogen) atoms. The number of thiazole rings is 1. The maximum Gasteiger partial charge on any atom is 0.238 e. The molecule has 0 spiro atoms. The van der Waals surface area contributed by atoms with Gasteiger partial charge in [-0.2, -0.15) is 0 Å². The average Bonchev–Trinajstić information content (AvgIpc) is 3.23.